The Labute approximate surface area is 149 Å². The van der Waals surface area contributed by atoms with Gasteiger partial charge in [0.25, 0.3) is 5.91 Å². The minimum atomic E-state index is -1.04. The van der Waals surface area contributed by atoms with Crippen LogP contribution < -0.4 is 5.32 Å². The van der Waals surface area contributed by atoms with Crippen LogP contribution in [0.15, 0.2) is 34.7 Å². The molecule has 4 rings (SSSR count). The van der Waals surface area contributed by atoms with Gasteiger partial charge in [-0.15, -0.1) is 0 Å². The van der Waals surface area contributed by atoms with Crippen LogP contribution in [0.1, 0.15) is 49.9 Å². The second-order valence-corrected chi connectivity index (χ2v) is 6.45. The third kappa shape index (κ3) is 2.73. The van der Waals surface area contributed by atoms with Crippen LogP contribution in [0.4, 0.5) is 0 Å². The molecular formula is C20H18N2O4. The van der Waals surface area contributed by atoms with Gasteiger partial charge in [-0.25, -0.2) is 4.79 Å². The summed E-state index contributed by atoms with van der Waals surface area (Å²) in [5.41, 5.74) is 3.62. The number of carboxylic acids is 1. The van der Waals surface area contributed by atoms with Gasteiger partial charge in [0.15, 0.2) is 0 Å². The lowest BCUT2D eigenvalue weighted by Gasteiger charge is -2.12. The molecule has 1 amide bonds. The number of furan rings is 1. The Morgan fingerprint density at radius 3 is 2.85 bits per heavy atom. The van der Waals surface area contributed by atoms with Crippen molar-refractivity contribution in [2.75, 3.05) is 0 Å². The van der Waals surface area contributed by atoms with Crippen molar-refractivity contribution in [2.45, 2.75) is 32.7 Å². The van der Waals surface area contributed by atoms with Gasteiger partial charge in [-0.3, -0.25) is 9.78 Å². The monoisotopic (exact) mass is 350 g/mol. The number of aromatic carboxylic acids is 1. The molecule has 1 aliphatic carbocycles. The van der Waals surface area contributed by atoms with Crippen molar-refractivity contribution in [3.05, 3.63) is 64.2 Å². The summed E-state index contributed by atoms with van der Waals surface area (Å²) in [6.07, 6.45) is 2.73. The Balaban J connectivity index is 1.65. The number of carboxylic acid groups (broad SMARTS) is 1. The number of fused-ring (bicyclic) bond motifs is 2. The summed E-state index contributed by atoms with van der Waals surface area (Å²) >= 11 is 0. The van der Waals surface area contributed by atoms with E-state index in [0.717, 1.165) is 41.4 Å². The zero-order chi connectivity index (χ0) is 18.3. The normalized spacial score (nSPS) is 13.0. The van der Waals surface area contributed by atoms with Gasteiger partial charge in [-0.1, -0.05) is 18.2 Å². The van der Waals surface area contributed by atoms with Crippen molar-refractivity contribution in [3.8, 4) is 0 Å². The van der Waals surface area contributed by atoms with E-state index in [2.05, 4.69) is 10.3 Å². The molecule has 0 fully saturated rings. The number of pyridine rings is 1. The number of hydrogen-bond donors (Lipinski definition) is 2. The largest absolute Gasteiger partial charge is 0.478 e. The first-order valence-corrected chi connectivity index (χ1v) is 8.56. The SMILES string of the molecule is Cc1oc(CNC(=O)c2c3c(nc4ccccc24)CCC3)cc1C(=O)O. The molecule has 0 spiro atoms. The van der Waals surface area contributed by atoms with Crippen molar-refractivity contribution >= 4 is 22.8 Å². The molecule has 0 saturated carbocycles. The second-order valence-electron chi connectivity index (χ2n) is 6.45. The molecule has 132 valence electrons. The Morgan fingerprint density at radius 1 is 1.27 bits per heavy atom. The molecule has 2 aromatic heterocycles. The molecule has 26 heavy (non-hydrogen) atoms. The maximum atomic E-state index is 12.9. The average Bonchev–Trinajstić information content (AvgIpc) is 3.23. The number of rotatable bonds is 4. The fourth-order valence-corrected chi connectivity index (χ4v) is 3.57. The average molecular weight is 350 g/mol. The van der Waals surface area contributed by atoms with Crippen molar-refractivity contribution in [1.29, 1.82) is 0 Å². The summed E-state index contributed by atoms with van der Waals surface area (Å²) < 4.78 is 5.43. The van der Waals surface area contributed by atoms with Gasteiger partial charge >= 0.3 is 5.97 Å². The molecule has 0 bridgehead atoms. The summed E-state index contributed by atoms with van der Waals surface area (Å²) in [5.74, 6) is -0.477. The highest BCUT2D eigenvalue weighted by Gasteiger charge is 2.24. The molecule has 0 atom stereocenters. The first kappa shape index (κ1) is 16.3. The molecular weight excluding hydrogens is 332 g/mol. The van der Waals surface area contributed by atoms with E-state index < -0.39 is 5.97 Å². The van der Waals surface area contributed by atoms with Crippen LogP contribution in [-0.2, 0) is 19.4 Å². The van der Waals surface area contributed by atoms with Crippen LogP contribution in [0.25, 0.3) is 10.9 Å². The first-order valence-electron chi connectivity index (χ1n) is 8.56. The highest BCUT2D eigenvalue weighted by molar-refractivity contribution is 6.07. The molecule has 0 unspecified atom stereocenters. The number of aryl methyl sites for hydroxylation is 2. The van der Waals surface area contributed by atoms with E-state index in [1.807, 2.05) is 24.3 Å². The number of hydrogen-bond acceptors (Lipinski definition) is 4. The van der Waals surface area contributed by atoms with Gasteiger partial charge in [-0.2, -0.15) is 0 Å². The molecule has 2 N–H and O–H groups in total. The Bertz CT molecular complexity index is 1040. The van der Waals surface area contributed by atoms with Crippen molar-refractivity contribution in [2.24, 2.45) is 0 Å². The maximum absolute atomic E-state index is 12.9. The second kappa shape index (κ2) is 6.29. The summed E-state index contributed by atoms with van der Waals surface area (Å²) in [7, 11) is 0. The molecule has 1 aromatic carbocycles. The number of benzene rings is 1. The first-order chi connectivity index (χ1) is 12.5. The van der Waals surface area contributed by atoms with Gasteiger partial charge < -0.3 is 14.8 Å². The fraction of sp³-hybridized carbons (Fsp3) is 0.250. The topological polar surface area (TPSA) is 92.4 Å². The van der Waals surface area contributed by atoms with Gasteiger partial charge in [0, 0.05) is 11.1 Å². The Morgan fingerprint density at radius 2 is 2.08 bits per heavy atom. The quantitative estimate of drug-likeness (QED) is 0.753. The van der Waals surface area contributed by atoms with E-state index in [1.54, 1.807) is 6.92 Å². The van der Waals surface area contributed by atoms with Crippen molar-refractivity contribution in [3.63, 3.8) is 0 Å². The Hall–Kier alpha value is -3.15. The minimum Gasteiger partial charge on any atom is -0.478 e. The number of para-hydroxylation sites is 1. The smallest absolute Gasteiger partial charge is 0.339 e. The maximum Gasteiger partial charge on any atom is 0.339 e. The molecule has 0 saturated heterocycles. The molecule has 6 heteroatoms. The van der Waals surface area contributed by atoms with Gasteiger partial charge in [-0.05, 0) is 43.9 Å². The molecule has 2 heterocycles. The summed E-state index contributed by atoms with van der Waals surface area (Å²) in [4.78, 5) is 28.7. The molecule has 1 aliphatic rings. The van der Waals surface area contributed by atoms with Crippen LogP contribution in [0.5, 0.6) is 0 Å². The minimum absolute atomic E-state index is 0.115. The number of carbonyl (C=O) groups is 2. The van der Waals surface area contributed by atoms with Gasteiger partial charge in [0.05, 0.1) is 17.6 Å². The number of nitrogens with zero attached hydrogens (tertiary/aromatic N) is 1. The fourth-order valence-electron chi connectivity index (χ4n) is 3.57. The molecule has 0 aliphatic heterocycles. The van der Waals surface area contributed by atoms with Crippen molar-refractivity contribution < 1.29 is 19.1 Å². The predicted molar refractivity (Wildman–Crippen MR) is 95.3 cm³/mol. The number of nitrogens with one attached hydrogen (secondary N) is 1. The van der Waals surface area contributed by atoms with E-state index in [0.29, 0.717) is 17.1 Å². The highest BCUT2D eigenvalue weighted by atomic mass is 16.4. The third-order valence-corrected chi connectivity index (χ3v) is 4.77. The van der Waals surface area contributed by atoms with Crippen LogP contribution in [0.2, 0.25) is 0 Å². The zero-order valence-corrected chi connectivity index (χ0v) is 14.3. The van der Waals surface area contributed by atoms with Crippen LogP contribution in [-0.4, -0.2) is 22.0 Å². The molecule has 6 nitrogen and oxygen atoms in total. The molecule has 3 aromatic rings. The van der Waals surface area contributed by atoms with E-state index in [-0.39, 0.29) is 18.0 Å². The summed E-state index contributed by atoms with van der Waals surface area (Å²) in [6.45, 7) is 1.73. The van der Waals surface area contributed by atoms with Crippen LogP contribution in [0, 0.1) is 6.92 Å². The third-order valence-electron chi connectivity index (χ3n) is 4.77. The number of carbonyl (C=O) groups excluding carboxylic acids is 1. The highest BCUT2D eigenvalue weighted by Crippen LogP contribution is 2.30. The van der Waals surface area contributed by atoms with E-state index in [9.17, 15) is 9.59 Å². The Kier molecular flexibility index (Phi) is 3.95. The lowest BCUT2D eigenvalue weighted by Crippen LogP contribution is -2.24. The standard InChI is InChI=1S/C20H18N2O4/c1-11-15(20(24)25)9-12(26-11)10-21-19(23)18-13-5-2-3-7-16(13)22-17-8-4-6-14(17)18/h2-3,5,7,9H,4,6,8,10H2,1H3,(H,21,23)(H,24,25). The van der Waals surface area contributed by atoms with E-state index in [1.165, 1.54) is 6.07 Å². The lowest BCUT2D eigenvalue weighted by atomic mass is 10.0. The van der Waals surface area contributed by atoms with E-state index >= 15 is 0 Å². The van der Waals surface area contributed by atoms with Gasteiger partial charge in [0.2, 0.25) is 0 Å². The zero-order valence-electron chi connectivity index (χ0n) is 14.3. The lowest BCUT2D eigenvalue weighted by molar-refractivity contribution is 0.0694. The number of amides is 1. The van der Waals surface area contributed by atoms with Crippen LogP contribution >= 0.6 is 0 Å². The van der Waals surface area contributed by atoms with E-state index in [4.69, 9.17) is 9.52 Å². The predicted octanol–water partition coefficient (Wildman–Crippen LogP) is 3.25. The molecule has 0 radical (unpaired) electrons. The van der Waals surface area contributed by atoms with Gasteiger partial charge in [0.1, 0.15) is 17.1 Å². The summed E-state index contributed by atoms with van der Waals surface area (Å²) in [6, 6.07) is 9.09. The summed E-state index contributed by atoms with van der Waals surface area (Å²) in [5, 5.41) is 12.8. The number of aromatic nitrogens is 1. The van der Waals surface area contributed by atoms with Crippen LogP contribution in [0.3, 0.4) is 0 Å². The van der Waals surface area contributed by atoms with Crippen molar-refractivity contribution in [1.82, 2.24) is 10.3 Å².